The van der Waals surface area contributed by atoms with Crippen molar-refractivity contribution in [3.63, 3.8) is 0 Å². The summed E-state index contributed by atoms with van der Waals surface area (Å²) in [6.07, 6.45) is 2.21. The van der Waals surface area contributed by atoms with E-state index in [4.69, 9.17) is 9.47 Å². The highest BCUT2D eigenvalue weighted by Gasteiger charge is 2.13. The molecule has 3 rings (SSSR count). The van der Waals surface area contributed by atoms with Gasteiger partial charge in [-0.2, -0.15) is 0 Å². The lowest BCUT2D eigenvalue weighted by Gasteiger charge is -2.09. The molecule has 0 radical (unpaired) electrons. The number of methoxy groups -OCH3 is 1. The van der Waals surface area contributed by atoms with Crippen LogP contribution in [0, 0.1) is 6.92 Å². The number of hydrogen-bond donors (Lipinski definition) is 0. The van der Waals surface area contributed by atoms with Gasteiger partial charge in [-0.15, -0.1) is 0 Å². The first-order valence-electron chi connectivity index (χ1n) is 7.96. The van der Waals surface area contributed by atoms with E-state index in [0.717, 1.165) is 11.5 Å². The predicted octanol–water partition coefficient (Wildman–Crippen LogP) is 5.12. The van der Waals surface area contributed by atoms with E-state index in [-0.39, 0.29) is 0 Å². The number of fused-ring (bicyclic) bond motifs is 1. The molecule has 0 aliphatic rings. The van der Waals surface area contributed by atoms with Crippen LogP contribution >= 0.6 is 0 Å². The quantitative estimate of drug-likeness (QED) is 0.653. The first-order valence-corrected chi connectivity index (χ1v) is 7.96. The normalized spacial score (nSPS) is 11.2. The third kappa shape index (κ3) is 3.04. The third-order valence-corrected chi connectivity index (χ3v) is 4.14. The summed E-state index contributed by atoms with van der Waals surface area (Å²) in [4.78, 5) is 0. The van der Waals surface area contributed by atoms with E-state index in [1.165, 1.54) is 22.0 Å². The predicted molar refractivity (Wildman–Crippen MR) is 94.4 cm³/mol. The summed E-state index contributed by atoms with van der Waals surface area (Å²) in [5.41, 5.74) is 3.77. The summed E-state index contributed by atoms with van der Waals surface area (Å²) in [5, 5.41) is 1.30. The molecule has 120 valence electrons. The summed E-state index contributed by atoms with van der Waals surface area (Å²) in [5.74, 6) is 1.63. The van der Waals surface area contributed by atoms with Crippen molar-refractivity contribution in [2.45, 2.75) is 33.4 Å². The van der Waals surface area contributed by atoms with Crippen molar-refractivity contribution in [3.05, 3.63) is 59.8 Å². The number of nitrogens with zero attached hydrogens (tertiary/aromatic N) is 1. The topological polar surface area (TPSA) is 23.4 Å². The van der Waals surface area contributed by atoms with E-state index in [9.17, 15) is 0 Å². The van der Waals surface area contributed by atoms with Crippen LogP contribution in [0.5, 0.6) is 11.5 Å². The van der Waals surface area contributed by atoms with Gasteiger partial charge in [-0.3, -0.25) is 0 Å². The van der Waals surface area contributed by atoms with Gasteiger partial charge in [0.1, 0.15) is 18.1 Å². The lowest BCUT2D eigenvalue weighted by molar-refractivity contribution is 0.304. The first kappa shape index (κ1) is 15.5. The largest absolute Gasteiger partial charge is 0.497 e. The zero-order valence-electron chi connectivity index (χ0n) is 14.2. The summed E-state index contributed by atoms with van der Waals surface area (Å²) < 4.78 is 13.6. The van der Waals surface area contributed by atoms with Crippen molar-refractivity contribution < 1.29 is 9.47 Å². The zero-order valence-corrected chi connectivity index (χ0v) is 14.2. The van der Waals surface area contributed by atoms with Gasteiger partial charge in [-0.05, 0) is 44.5 Å². The molecule has 0 atom stereocenters. The SMILES string of the molecule is COc1cccc(OCc2cn(C(C)C)c3cccc(C)c23)c1. The van der Waals surface area contributed by atoms with E-state index in [1.54, 1.807) is 7.11 Å². The Morgan fingerprint density at radius 2 is 1.78 bits per heavy atom. The second-order valence-electron chi connectivity index (χ2n) is 6.09. The minimum absolute atomic E-state index is 0.421. The third-order valence-electron chi connectivity index (χ3n) is 4.14. The minimum atomic E-state index is 0.421. The fourth-order valence-electron chi connectivity index (χ4n) is 2.98. The maximum Gasteiger partial charge on any atom is 0.123 e. The van der Waals surface area contributed by atoms with Crippen LogP contribution in [0.4, 0.5) is 0 Å². The van der Waals surface area contributed by atoms with Crippen LogP contribution in [-0.2, 0) is 6.61 Å². The van der Waals surface area contributed by atoms with Gasteiger partial charge in [-0.1, -0.05) is 18.2 Å². The van der Waals surface area contributed by atoms with Crippen LogP contribution in [0.1, 0.15) is 31.0 Å². The Balaban J connectivity index is 1.93. The molecule has 3 nitrogen and oxygen atoms in total. The van der Waals surface area contributed by atoms with Gasteiger partial charge in [0.15, 0.2) is 0 Å². The molecule has 3 aromatic rings. The molecule has 0 spiro atoms. The Morgan fingerprint density at radius 1 is 1.04 bits per heavy atom. The molecule has 1 heterocycles. The highest BCUT2D eigenvalue weighted by molar-refractivity contribution is 5.87. The van der Waals surface area contributed by atoms with Crippen LogP contribution in [0.15, 0.2) is 48.7 Å². The molecule has 0 aliphatic heterocycles. The summed E-state index contributed by atoms with van der Waals surface area (Å²) >= 11 is 0. The number of aromatic nitrogens is 1. The number of benzene rings is 2. The Morgan fingerprint density at radius 3 is 2.52 bits per heavy atom. The molecule has 0 N–H and O–H groups in total. The molecule has 0 fully saturated rings. The molecule has 0 unspecified atom stereocenters. The van der Waals surface area contributed by atoms with Crippen molar-refractivity contribution in [1.29, 1.82) is 0 Å². The molecule has 0 amide bonds. The highest BCUT2D eigenvalue weighted by Crippen LogP contribution is 2.29. The fraction of sp³-hybridized carbons (Fsp3) is 0.300. The van der Waals surface area contributed by atoms with Crippen LogP contribution in [0.3, 0.4) is 0 Å². The van der Waals surface area contributed by atoms with E-state index in [1.807, 2.05) is 24.3 Å². The van der Waals surface area contributed by atoms with E-state index < -0.39 is 0 Å². The maximum absolute atomic E-state index is 6.00. The zero-order chi connectivity index (χ0) is 16.4. The number of rotatable bonds is 5. The van der Waals surface area contributed by atoms with Crippen molar-refractivity contribution in [1.82, 2.24) is 4.57 Å². The van der Waals surface area contributed by atoms with E-state index in [2.05, 4.69) is 49.7 Å². The Bertz CT molecular complexity index is 818. The standard InChI is InChI=1S/C20H23NO2/c1-14(2)21-12-16(20-15(3)7-5-10-19(20)21)13-23-18-9-6-8-17(11-18)22-4/h5-12,14H,13H2,1-4H3. The van der Waals surface area contributed by atoms with Gasteiger partial charge >= 0.3 is 0 Å². The fourth-order valence-corrected chi connectivity index (χ4v) is 2.98. The number of aryl methyl sites for hydroxylation is 1. The molecule has 3 heteroatoms. The molecule has 0 saturated heterocycles. The Labute approximate surface area is 137 Å². The van der Waals surface area contributed by atoms with Gasteiger partial charge in [0.05, 0.1) is 7.11 Å². The minimum Gasteiger partial charge on any atom is -0.497 e. The summed E-state index contributed by atoms with van der Waals surface area (Å²) in [6, 6.07) is 14.6. The maximum atomic E-state index is 6.00. The Hall–Kier alpha value is -2.42. The average Bonchev–Trinajstić information content (AvgIpc) is 2.93. The number of ether oxygens (including phenoxy) is 2. The second kappa shape index (κ2) is 6.37. The lowest BCUT2D eigenvalue weighted by Crippen LogP contribution is -1.98. The molecule has 23 heavy (non-hydrogen) atoms. The second-order valence-corrected chi connectivity index (χ2v) is 6.09. The smallest absolute Gasteiger partial charge is 0.123 e. The van der Waals surface area contributed by atoms with Gasteiger partial charge < -0.3 is 14.0 Å². The molecular formula is C20H23NO2. The van der Waals surface area contributed by atoms with Crippen LogP contribution < -0.4 is 9.47 Å². The lowest BCUT2D eigenvalue weighted by atomic mass is 10.1. The van der Waals surface area contributed by atoms with Gasteiger partial charge in [-0.25, -0.2) is 0 Å². The van der Waals surface area contributed by atoms with E-state index in [0.29, 0.717) is 12.6 Å². The van der Waals surface area contributed by atoms with Crippen molar-refractivity contribution >= 4 is 10.9 Å². The summed E-state index contributed by atoms with van der Waals surface area (Å²) in [7, 11) is 1.67. The van der Waals surface area contributed by atoms with Gasteiger partial charge in [0.2, 0.25) is 0 Å². The monoisotopic (exact) mass is 309 g/mol. The molecule has 0 saturated carbocycles. The van der Waals surface area contributed by atoms with Crippen LogP contribution in [0.25, 0.3) is 10.9 Å². The van der Waals surface area contributed by atoms with Gasteiger partial charge in [0, 0.05) is 34.8 Å². The van der Waals surface area contributed by atoms with Crippen LogP contribution in [0.2, 0.25) is 0 Å². The summed E-state index contributed by atoms with van der Waals surface area (Å²) in [6.45, 7) is 7.11. The van der Waals surface area contributed by atoms with Gasteiger partial charge in [0.25, 0.3) is 0 Å². The van der Waals surface area contributed by atoms with Crippen LogP contribution in [-0.4, -0.2) is 11.7 Å². The van der Waals surface area contributed by atoms with Crippen molar-refractivity contribution in [2.75, 3.05) is 7.11 Å². The van der Waals surface area contributed by atoms with E-state index >= 15 is 0 Å². The average molecular weight is 309 g/mol. The number of hydrogen-bond acceptors (Lipinski definition) is 2. The Kier molecular flexibility index (Phi) is 4.28. The highest BCUT2D eigenvalue weighted by atomic mass is 16.5. The van der Waals surface area contributed by atoms with Crippen molar-refractivity contribution in [2.24, 2.45) is 0 Å². The van der Waals surface area contributed by atoms with Crippen molar-refractivity contribution in [3.8, 4) is 11.5 Å². The molecule has 1 aromatic heterocycles. The first-order chi connectivity index (χ1) is 11.1. The molecular weight excluding hydrogens is 286 g/mol. The molecule has 0 bridgehead atoms. The molecule has 0 aliphatic carbocycles. The molecule has 2 aromatic carbocycles.